The number of phenolic OH excluding ortho intramolecular Hbond substituents is 1. The van der Waals surface area contributed by atoms with Gasteiger partial charge >= 0.3 is 0 Å². The molecule has 5 aromatic rings. The molecule has 7 heterocycles. The number of hydrogen-bond acceptors (Lipinski definition) is 15. The molecule has 3 aromatic heterocycles. The monoisotopic (exact) mass is 977 g/mol. The van der Waals surface area contributed by atoms with E-state index in [4.69, 9.17) is 26.1 Å². The van der Waals surface area contributed by atoms with Gasteiger partial charge in [-0.3, -0.25) is 9.59 Å². The molecule has 2 aromatic carbocycles. The lowest BCUT2D eigenvalue weighted by atomic mass is 9.60. The van der Waals surface area contributed by atoms with Crippen LogP contribution in [-0.2, 0) is 16.1 Å². The van der Waals surface area contributed by atoms with Gasteiger partial charge in [-0.1, -0.05) is 68.7 Å². The number of carbonyl (C=O) groups excluding carboxylic acids is 2. The maximum atomic E-state index is 13.3. The second kappa shape index (κ2) is 22.8. The molecule has 2 amide bonds. The number of nitrogens with zero attached hydrogens (tertiary/aromatic N) is 10. The molecule has 2 unspecified atom stereocenters. The quantitative estimate of drug-likeness (QED) is 0.0902. The zero-order chi connectivity index (χ0) is 49.4. The number of halogens is 1. The number of aliphatic hydroxyl groups is 1. The number of aromatic hydroxyl groups is 1. The van der Waals surface area contributed by atoms with Gasteiger partial charge in [0.1, 0.15) is 11.7 Å². The number of piperazine rings is 1. The fourth-order valence-corrected chi connectivity index (χ4v) is 10.8. The number of hydrogen-bond donors (Lipinski definition) is 4. The Labute approximate surface area is 416 Å². The van der Waals surface area contributed by atoms with Gasteiger partial charge < -0.3 is 49.9 Å². The van der Waals surface area contributed by atoms with E-state index in [2.05, 4.69) is 45.6 Å². The van der Waals surface area contributed by atoms with Crippen LogP contribution in [0.1, 0.15) is 88.5 Å². The van der Waals surface area contributed by atoms with Gasteiger partial charge in [0.25, 0.3) is 0 Å². The molecule has 18 heteroatoms. The number of rotatable bonds is 13. The Kier molecular flexibility index (Phi) is 16.4. The Hall–Kier alpha value is -6.04. The lowest BCUT2D eigenvalue weighted by molar-refractivity contribution is -0.133. The highest BCUT2D eigenvalue weighted by atomic mass is 35.5. The Morgan fingerprint density at radius 1 is 0.900 bits per heavy atom. The summed E-state index contributed by atoms with van der Waals surface area (Å²) in [5.41, 5.74) is 4.90. The summed E-state index contributed by atoms with van der Waals surface area (Å²) in [4.78, 5) is 44.2. The molecule has 374 valence electrons. The largest absolute Gasteiger partial charge is 0.507 e. The van der Waals surface area contributed by atoms with Gasteiger partial charge in [-0.15, -0.1) is 10.2 Å². The molecule has 4 saturated heterocycles. The predicted octanol–water partition coefficient (Wildman–Crippen LogP) is 6.79. The number of amides is 2. The topological polar surface area (TPSA) is 192 Å². The van der Waals surface area contributed by atoms with Crippen molar-refractivity contribution < 1.29 is 24.3 Å². The number of phenols is 1. The van der Waals surface area contributed by atoms with Crippen LogP contribution in [0, 0.1) is 11.3 Å². The molecule has 5 aliphatic rings. The number of carbonyl (C=O) groups is 2. The summed E-state index contributed by atoms with van der Waals surface area (Å²) in [7, 11) is 1.85. The normalized spacial score (nSPS) is 19.6. The molecule has 2 atom stereocenters. The van der Waals surface area contributed by atoms with Crippen molar-refractivity contribution in [3.63, 3.8) is 0 Å². The number of aromatic nitrogens is 5. The van der Waals surface area contributed by atoms with Crippen LogP contribution in [0.15, 0.2) is 77.6 Å². The molecule has 4 N–H and O–H groups in total. The number of para-hydroxylation sites is 1. The maximum absolute atomic E-state index is 13.3. The Bertz CT molecular complexity index is 2480. The standard InChI is InChI=1S/C42H55N11O4.C8H8ClNO.C2H6/c1-27(2)38(40(56)52-13-10-31(54)24-52)36-19-37(48-57-36)53-25-42(26-53)20-30(21-42)49-11-8-28(9-12-49)29-22-44-41(45-23-29)51-16-14-50(15-17-51)34-18-33(46-47-39(34)43-3)32-6-4-5-7-35(32)55;9-8-3-1-7(2-4-8)5-10-6-11;1-2/h4-7,18-19,22-23,27-28,30-31,38,54-55H,8-17,20-21,24-26H2,1-3H3,(H,43,47);1-4,6H,5H2,(H,10,11);1-2H3. The first kappa shape index (κ1) is 50.4. The minimum absolute atomic E-state index is 0.0240. The fraction of sp³-hybridized carbons (Fsp3) is 0.519. The maximum Gasteiger partial charge on any atom is 0.233 e. The van der Waals surface area contributed by atoms with Crippen molar-refractivity contribution in [2.45, 2.75) is 90.3 Å². The molecule has 4 aliphatic heterocycles. The summed E-state index contributed by atoms with van der Waals surface area (Å²) in [6.45, 7) is 17.0. The van der Waals surface area contributed by atoms with E-state index in [1.165, 1.54) is 18.4 Å². The van der Waals surface area contributed by atoms with Crippen molar-refractivity contribution in [3.8, 4) is 17.0 Å². The third kappa shape index (κ3) is 11.4. The third-order valence-corrected chi connectivity index (χ3v) is 14.8. The number of benzene rings is 2. The van der Waals surface area contributed by atoms with Crippen LogP contribution in [-0.4, -0.2) is 142 Å². The first-order chi connectivity index (χ1) is 34.0. The van der Waals surface area contributed by atoms with E-state index in [-0.39, 0.29) is 23.5 Å². The first-order valence-electron chi connectivity index (χ1n) is 25.0. The molecular weight excluding hydrogens is 908 g/mol. The summed E-state index contributed by atoms with van der Waals surface area (Å²) in [5, 5.41) is 40.0. The SMILES string of the molecule is CC.CNc1nnc(-c2ccccc2O)cc1N1CCN(c2ncc(C3CCN(C4CC5(C4)CN(c4cc(C(C(=O)N6CCC(O)C6)C(C)C)on4)C5)CC3)cn2)CC1.O=CNCc1ccc(Cl)cc1. The average Bonchev–Trinajstić information content (AvgIpc) is 4.03. The van der Waals surface area contributed by atoms with Crippen molar-refractivity contribution in [1.29, 1.82) is 0 Å². The highest BCUT2D eigenvalue weighted by Crippen LogP contribution is 2.52. The summed E-state index contributed by atoms with van der Waals surface area (Å²) in [6.07, 6.45) is 9.66. The number of β-amino-alcohol motifs (C(OH)–C–C–N with tert-alkyl or cyclic N) is 1. The van der Waals surface area contributed by atoms with E-state index < -0.39 is 6.10 Å². The van der Waals surface area contributed by atoms with Crippen LogP contribution in [0.2, 0.25) is 5.02 Å². The van der Waals surface area contributed by atoms with Gasteiger partial charge in [0.2, 0.25) is 18.3 Å². The van der Waals surface area contributed by atoms with Crippen molar-refractivity contribution >= 4 is 47.2 Å². The number of anilines is 4. The molecule has 5 fully saturated rings. The van der Waals surface area contributed by atoms with Crippen molar-refractivity contribution in [2.24, 2.45) is 11.3 Å². The lowest BCUT2D eigenvalue weighted by Crippen LogP contribution is -2.67. The smallest absolute Gasteiger partial charge is 0.233 e. The van der Waals surface area contributed by atoms with Gasteiger partial charge in [0.05, 0.1) is 17.5 Å². The molecule has 0 bridgehead atoms. The highest BCUT2D eigenvalue weighted by molar-refractivity contribution is 6.30. The fourth-order valence-electron chi connectivity index (χ4n) is 10.7. The molecule has 0 radical (unpaired) electrons. The van der Waals surface area contributed by atoms with Crippen molar-refractivity contribution in [1.82, 2.24) is 40.4 Å². The lowest BCUT2D eigenvalue weighted by Gasteiger charge is -2.61. The minimum atomic E-state index is -0.436. The molecule has 1 saturated carbocycles. The summed E-state index contributed by atoms with van der Waals surface area (Å²) in [5.74, 6) is 3.34. The number of aliphatic hydroxyl groups excluding tert-OH is 1. The number of piperidine rings is 1. The van der Waals surface area contributed by atoms with E-state index in [0.717, 1.165) is 88.2 Å². The Morgan fingerprint density at radius 2 is 1.59 bits per heavy atom. The molecule has 10 rings (SSSR count). The van der Waals surface area contributed by atoms with Crippen molar-refractivity contribution in [3.05, 3.63) is 95.0 Å². The van der Waals surface area contributed by atoms with Gasteiger partial charge in [-0.2, -0.15) is 0 Å². The van der Waals surface area contributed by atoms with E-state index in [1.807, 2.05) is 83.5 Å². The van der Waals surface area contributed by atoms with E-state index in [0.29, 0.717) is 77.7 Å². The van der Waals surface area contributed by atoms with Crippen LogP contribution in [0.3, 0.4) is 0 Å². The first-order valence-corrected chi connectivity index (χ1v) is 25.4. The van der Waals surface area contributed by atoms with E-state index in [1.54, 1.807) is 29.2 Å². The summed E-state index contributed by atoms with van der Waals surface area (Å²) >= 11 is 5.66. The third-order valence-electron chi connectivity index (χ3n) is 14.5. The van der Waals surface area contributed by atoms with E-state index >= 15 is 0 Å². The van der Waals surface area contributed by atoms with Crippen molar-refractivity contribution in [2.75, 3.05) is 92.5 Å². The molecular formula is C52H69ClN12O5. The van der Waals surface area contributed by atoms with E-state index in [9.17, 15) is 19.8 Å². The van der Waals surface area contributed by atoms with Crippen LogP contribution in [0.4, 0.5) is 23.3 Å². The molecule has 17 nitrogen and oxygen atoms in total. The van der Waals surface area contributed by atoms with Crippen LogP contribution in [0.5, 0.6) is 5.75 Å². The predicted molar refractivity (Wildman–Crippen MR) is 273 cm³/mol. The minimum Gasteiger partial charge on any atom is -0.507 e. The van der Waals surface area contributed by atoms with Gasteiger partial charge in [0.15, 0.2) is 17.4 Å². The average molecular weight is 978 g/mol. The summed E-state index contributed by atoms with van der Waals surface area (Å²) in [6, 6.07) is 19.2. The van der Waals surface area contributed by atoms with Gasteiger partial charge in [-0.25, -0.2) is 9.97 Å². The highest BCUT2D eigenvalue weighted by Gasteiger charge is 2.54. The van der Waals surface area contributed by atoms with Gasteiger partial charge in [-0.05, 0) is 98.5 Å². The van der Waals surface area contributed by atoms with Gasteiger partial charge in [0, 0.05) is 106 Å². The van der Waals surface area contributed by atoms with Crippen LogP contribution >= 0.6 is 11.6 Å². The Morgan fingerprint density at radius 3 is 2.21 bits per heavy atom. The summed E-state index contributed by atoms with van der Waals surface area (Å²) < 4.78 is 5.78. The zero-order valence-electron chi connectivity index (χ0n) is 41.2. The number of nitrogens with one attached hydrogen (secondary N) is 2. The second-order valence-electron chi connectivity index (χ2n) is 19.4. The van der Waals surface area contributed by atoms with Crippen LogP contribution < -0.4 is 25.3 Å². The molecule has 1 spiro atoms. The molecule has 1 aliphatic carbocycles. The molecule has 70 heavy (non-hydrogen) atoms. The zero-order valence-corrected chi connectivity index (χ0v) is 41.9. The second-order valence-corrected chi connectivity index (χ2v) is 19.8. The van der Waals surface area contributed by atoms with Crippen LogP contribution in [0.25, 0.3) is 11.3 Å². The Balaban J connectivity index is 0.000000445. The number of likely N-dealkylation sites (tertiary alicyclic amines) is 2.